The van der Waals surface area contributed by atoms with Crippen LogP contribution in [0.3, 0.4) is 0 Å². The number of halogens is 1. The van der Waals surface area contributed by atoms with Crippen molar-refractivity contribution >= 4 is 17.3 Å². The van der Waals surface area contributed by atoms with Crippen LogP contribution < -0.4 is 15.8 Å². The van der Waals surface area contributed by atoms with Gasteiger partial charge >= 0.3 is 0 Å². The van der Waals surface area contributed by atoms with E-state index < -0.39 is 11.7 Å². The van der Waals surface area contributed by atoms with E-state index >= 15 is 0 Å². The van der Waals surface area contributed by atoms with Crippen molar-refractivity contribution in [2.24, 2.45) is 0 Å². The Balaban J connectivity index is 2.26. The standard InChI is InChI=1S/C14H13FN2O3/c1-20-9-3-4-10(13(18)7-9)14(19)17-12-6-8(15)2-5-11(12)16/h2-7,18H,16H2,1H3,(H,17,19). The molecule has 0 aliphatic heterocycles. The quantitative estimate of drug-likeness (QED) is 0.751. The second-order valence-electron chi connectivity index (χ2n) is 4.07. The number of amides is 1. The molecule has 0 saturated carbocycles. The van der Waals surface area contributed by atoms with Crippen LogP contribution in [0.25, 0.3) is 0 Å². The lowest BCUT2D eigenvalue weighted by molar-refractivity contribution is 0.102. The third kappa shape index (κ3) is 2.80. The fraction of sp³-hybridized carbons (Fsp3) is 0.0714. The number of benzene rings is 2. The van der Waals surface area contributed by atoms with Crippen LogP contribution in [-0.4, -0.2) is 18.1 Å². The van der Waals surface area contributed by atoms with Crippen LogP contribution in [0.2, 0.25) is 0 Å². The van der Waals surface area contributed by atoms with Crippen molar-refractivity contribution in [2.45, 2.75) is 0 Å². The summed E-state index contributed by atoms with van der Waals surface area (Å²) >= 11 is 0. The zero-order valence-electron chi connectivity index (χ0n) is 10.7. The minimum absolute atomic E-state index is 0.0365. The zero-order chi connectivity index (χ0) is 14.7. The van der Waals surface area contributed by atoms with E-state index in [0.717, 1.165) is 6.07 Å². The topological polar surface area (TPSA) is 84.6 Å². The summed E-state index contributed by atoms with van der Waals surface area (Å²) in [6.07, 6.45) is 0. The number of methoxy groups -OCH3 is 1. The number of anilines is 2. The Hall–Kier alpha value is -2.76. The monoisotopic (exact) mass is 276 g/mol. The maximum absolute atomic E-state index is 13.1. The summed E-state index contributed by atoms with van der Waals surface area (Å²) in [5.41, 5.74) is 6.05. The van der Waals surface area contributed by atoms with Crippen LogP contribution in [0.4, 0.5) is 15.8 Å². The molecule has 20 heavy (non-hydrogen) atoms. The van der Waals surface area contributed by atoms with Gasteiger partial charge in [0.1, 0.15) is 17.3 Å². The summed E-state index contributed by atoms with van der Waals surface area (Å²) in [6.45, 7) is 0. The minimum atomic E-state index is -0.595. The van der Waals surface area contributed by atoms with Gasteiger partial charge in [-0.2, -0.15) is 0 Å². The molecule has 0 radical (unpaired) electrons. The highest BCUT2D eigenvalue weighted by molar-refractivity contribution is 6.07. The molecule has 0 aromatic heterocycles. The van der Waals surface area contributed by atoms with Gasteiger partial charge in [-0.05, 0) is 30.3 Å². The fourth-order valence-electron chi connectivity index (χ4n) is 1.66. The molecule has 5 nitrogen and oxygen atoms in total. The molecule has 2 aromatic rings. The third-order valence-corrected chi connectivity index (χ3v) is 2.71. The van der Waals surface area contributed by atoms with Crippen LogP contribution in [0.1, 0.15) is 10.4 Å². The minimum Gasteiger partial charge on any atom is -0.507 e. The smallest absolute Gasteiger partial charge is 0.259 e. The highest BCUT2D eigenvalue weighted by Crippen LogP contribution is 2.25. The van der Waals surface area contributed by atoms with Crippen LogP contribution in [0, 0.1) is 5.82 Å². The SMILES string of the molecule is COc1ccc(C(=O)Nc2cc(F)ccc2N)c(O)c1. The molecule has 4 N–H and O–H groups in total. The number of rotatable bonds is 3. The van der Waals surface area contributed by atoms with Gasteiger partial charge in [0.15, 0.2) is 0 Å². The molecule has 2 aromatic carbocycles. The van der Waals surface area contributed by atoms with Crippen molar-refractivity contribution in [3.63, 3.8) is 0 Å². The van der Waals surface area contributed by atoms with Gasteiger partial charge in [-0.15, -0.1) is 0 Å². The Morgan fingerprint density at radius 1 is 1.30 bits per heavy atom. The Labute approximate surface area is 114 Å². The van der Waals surface area contributed by atoms with Crippen LogP contribution in [0.5, 0.6) is 11.5 Å². The van der Waals surface area contributed by atoms with Crippen molar-refractivity contribution in [3.8, 4) is 11.5 Å². The van der Waals surface area contributed by atoms with Gasteiger partial charge in [0.2, 0.25) is 0 Å². The first-order valence-electron chi connectivity index (χ1n) is 5.74. The van der Waals surface area contributed by atoms with E-state index in [4.69, 9.17) is 10.5 Å². The number of aromatic hydroxyl groups is 1. The number of nitrogen functional groups attached to an aromatic ring is 1. The van der Waals surface area contributed by atoms with Crippen LogP contribution in [0.15, 0.2) is 36.4 Å². The second kappa shape index (κ2) is 5.48. The summed E-state index contributed by atoms with van der Waals surface area (Å²) in [5, 5.41) is 12.2. The summed E-state index contributed by atoms with van der Waals surface area (Å²) in [7, 11) is 1.45. The zero-order valence-corrected chi connectivity index (χ0v) is 10.7. The number of phenols is 1. The van der Waals surface area contributed by atoms with E-state index in [1.807, 2.05) is 0 Å². The van der Waals surface area contributed by atoms with Gasteiger partial charge < -0.3 is 20.9 Å². The van der Waals surface area contributed by atoms with Gasteiger partial charge in [-0.3, -0.25) is 4.79 Å². The molecular formula is C14H13FN2O3. The van der Waals surface area contributed by atoms with Gasteiger partial charge in [-0.25, -0.2) is 4.39 Å². The molecule has 6 heteroatoms. The van der Waals surface area contributed by atoms with Gasteiger partial charge in [0.05, 0.1) is 24.0 Å². The van der Waals surface area contributed by atoms with Crippen molar-refractivity contribution < 1.29 is 19.0 Å². The highest BCUT2D eigenvalue weighted by atomic mass is 19.1. The largest absolute Gasteiger partial charge is 0.507 e. The number of carbonyl (C=O) groups is 1. The fourth-order valence-corrected chi connectivity index (χ4v) is 1.66. The molecule has 2 rings (SSSR count). The average Bonchev–Trinajstić information content (AvgIpc) is 2.42. The van der Waals surface area contributed by atoms with Crippen molar-refractivity contribution in [3.05, 3.63) is 47.8 Å². The molecule has 0 saturated heterocycles. The summed E-state index contributed by atoms with van der Waals surface area (Å²) in [5.74, 6) is -0.933. The molecule has 0 spiro atoms. The second-order valence-corrected chi connectivity index (χ2v) is 4.07. The maximum atomic E-state index is 13.1. The molecule has 1 amide bonds. The lowest BCUT2D eigenvalue weighted by atomic mass is 10.1. The first kappa shape index (κ1) is 13.7. The lowest BCUT2D eigenvalue weighted by Crippen LogP contribution is -2.13. The van der Waals surface area contributed by atoms with Gasteiger partial charge in [0, 0.05) is 6.07 Å². The highest BCUT2D eigenvalue weighted by Gasteiger charge is 2.13. The molecule has 0 heterocycles. The van der Waals surface area contributed by atoms with E-state index in [9.17, 15) is 14.3 Å². The molecule has 104 valence electrons. The number of phenolic OH excluding ortho intramolecular Hbond substituents is 1. The van der Waals surface area contributed by atoms with Crippen molar-refractivity contribution in [2.75, 3.05) is 18.2 Å². The Morgan fingerprint density at radius 3 is 2.70 bits per heavy atom. The molecule has 0 bridgehead atoms. The Morgan fingerprint density at radius 2 is 2.05 bits per heavy atom. The molecule has 0 aliphatic rings. The average molecular weight is 276 g/mol. The summed E-state index contributed by atoms with van der Waals surface area (Å²) < 4.78 is 18.0. The van der Waals surface area contributed by atoms with Crippen molar-refractivity contribution in [1.82, 2.24) is 0 Å². The summed E-state index contributed by atoms with van der Waals surface area (Å²) in [4.78, 5) is 12.0. The van der Waals surface area contributed by atoms with E-state index in [-0.39, 0.29) is 22.7 Å². The number of nitrogens with two attached hydrogens (primary N) is 1. The Bertz CT molecular complexity index is 659. The predicted octanol–water partition coefficient (Wildman–Crippen LogP) is 2.37. The van der Waals surface area contributed by atoms with E-state index in [1.54, 1.807) is 0 Å². The Kier molecular flexibility index (Phi) is 3.74. The number of nitrogens with one attached hydrogen (secondary N) is 1. The lowest BCUT2D eigenvalue weighted by Gasteiger charge is -2.10. The van der Waals surface area contributed by atoms with Gasteiger partial charge in [0.25, 0.3) is 5.91 Å². The summed E-state index contributed by atoms with van der Waals surface area (Å²) in [6, 6.07) is 7.88. The first-order chi connectivity index (χ1) is 9.51. The normalized spacial score (nSPS) is 10.1. The maximum Gasteiger partial charge on any atom is 0.259 e. The van der Waals surface area contributed by atoms with Gasteiger partial charge in [-0.1, -0.05) is 0 Å². The number of hydrogen-bond acceptors (Lipinski definition) is 4. The van der Waals surface area contributed by atoms with E-state index in [0.29, 0.717) is 5.75 Å². The van der Waals surface area contributed by atoms with Crippen LogP contribution >= 0.6 is 0 Å². The van der Waals surface area contributed by atoms with Crippen LogP contribution in [-0.2, 0) is 0 Å². The molecule has 0 aliphatic carbocycles. The van der Waals surface area contributed by atoms with E-state index in [1.165, 1.54) is 37.4 Å². The molecular weight excluding hydrogens is 263 g/mol. The number of carbonyl (C=O) groups excluding carboxylic acids is 1. The van der Waals surface area contributed by atoms with Crippen molar-refractivity contribution in [1.29, 1.82) is 0 Å². The third-order valence-electron chi connectivity index (χ3n) is 2.71. The number of ether oxygens (including phenoxy) is 1. The molecule has 0 atom stereocenters. The first-order valence-corrected chi connectivity index (χ1v) is 5.74. The predicted molar refractivity (Wildman–Crippen MR) is 73.4 cm³/mol. The van der Waals surface area contributed by atoms with E-state index in [2.05, 4.69) is 5.32 Å². The molecule has 0 unspecified atom stereocenters. The molecule has 0 fully saturated rings. The number of hydrogen-bond donors (Lipinski definition) is 3.